The van der Waals surface area contributed by atoms with Gasteiger partial charge in [-0.25, -0.2) is 4.39 Å². The number of nitrogens with one attached hydrogen (secondary N) is 1. The van der Waals surface area contributed by atoms with Gasteiger partial charge in [0.25, 0.3) is 5.91 Å². The van der Waals surface area contributed by atoms with Gasteiger partial charge in [-0.05, 0) is 55.2 Å². The van der Waals surface area contributed by atoms with E-state index >= 15 is 0 Å². The van der Waals surface area contributed by atoms with E-state index in [-0.39, 0.29) is 17.8 Å². The number of carbonyl (C=O) groups is 1. The van der Waals surface area contributed by atoms with Crippen LogP contribution in [0.5, 0.6) is 0 Å². The highest BCUT2D eigenvalue weighted by Gasteiger charge is 2.35. The highest BCUT2D eigenvalue weighted by atomic mass is 19.1. The Morgan fingerprint density at radius 3 is 2.97 bits per heavy atom. The molecule has 1 saturated heterocycles. The Balaban J connectivity index is 1.40. The topological polar surface area (TPSA) is 87.9 Å². The maximum Gasteiger partial charge on any atom is 0.256 e. The largest absolute Gasteiger partial charge is 0.337 e. The van der Waals surface area contributed by atoms with Crippen LogP contribution in [0, 0.1) is 12.7 Å². The Bertz CT molecular complexity index is 1210. The molecule has 4 aromatic rings. The van der Waals surface area contributed by atoms with Crippen molar-refractivity contribution < 1.29 is 13.7 Å². The molecule has 5 rings (SSSR count). The van der Waals surface area contributed by atoms with E-state index in [4.69, 9.17) is 4.52 Å². The standard InChI is InChI=1S/C22H20FN5O2/c1-13-9-15-12-24-26-20(15)17(10-13)22(29)28-8-2-3-18(28)21-25-19(27-30-21)11-14-4-6-16(23)7-5-14/h4-7,9-10,12,18H,2-3,8,11H2,1H3,(H,24,26). The number of rotatable bonds is 4. The molecule has 1 amide bonds. The molecule has 0 bridgehead atoms. The molecule has 8 heteroatoms. The van der Waals surface area contributed by atoms with Gasteiger partial charge in [0, 0.05) is 18.4 Å². The first kappa shape index (κ1) is 18.5. The van der Waals surface area contributed by atoms with Gasteiger partial charge >= 0.3 is 0 Å². The van der Waals surface area contributed by atoms with Crippen molar-refractivity contribution in [3.05, 3.63) is 76.8 Å². The SMILES string of the molecule is Cc1cc(C(=O)N2CCCC2c2nc(Cc3ccc(F)cc3)no2)c2[nH]ncc2c1. The summed E-state index contributed by atoms with van der Waals surface area (Å²) in [5.41, 5.74) is 3.23. The molecule has 2 aromatic heterocycles. The molecule has 30 heavy (non-hydrogen) atoms. The van der Waals surface area contributed by atoms with E-state index in [1.165, 1.54) is 12.1 Å². The molecule has 3 heterocycles. The Hall–Kier alpha value is -3.55. The van der Waals surface area contributed by atoms with Gasteiger partial charge in [-0.1, -0.05) is 17.3 Å². The van der Waals surface area contributed by atoms with Gasteiger partial charge in [-0.3, -0.25) is 9.89 Å². The van der Waals surface area contributed by atoms with Crippen molar-refractivity contribution in [1.29, 1.82) is 0 Å². The van der Waals surface area contributed by atoms with Gasteiger partial charge in [0.2, 0.25) is 5.89 Å². The van der Waals surface area contributed by atoms with Crippen LogP contribution in [-0.2, 0) is 6.42 Å². The van der Waals surface area contributed by atoms with Crippen LogP contribution in [-0.4, -0.2) is 37.7 Å². The van der Waals surface area contributed by atoms with Gasteiger partial charge in [-0.2, -0.15) is 10.1 Å². The number of hydrogen-bond donors (Lipinski definition) is 1. The van der Waals surface area contributed by atoms with Crippen LogP contribution in [0.3, 0.4) is 0 Å². The lowest BCUT2D eigenvalue weighted by Gasteiger charge is -2.22. The van der Waals surface area contributed by atoms with Crippen molar-refractivity contribution in [2.24, 2.45) is 0 Å². The zero-order valence-electron chi connectivity index (χ0n) is 16.4. The van der Waals surface area contributed by atoms with Gasteiger partial charge in [0.05, 0.1) is 17.3 Å². The number of likely N-dealkylation sites (tertiary alicyclic amines) is 1. The van der Waals surface area contributed by atoms with E-state index < -0.39 is 0 Å². The summed E-state index contributed by atoms with van der Waals surface area (Å²) in [6.07, 6.45) is 3.79. The van der Waals surface area contributed by atoms with Crippen molar-refractivity contribution in [2.75, 3.05) is 6.54 Å². The Kier molecular flexibility index (Phi) is 4.54. The van der Waals surface area contributed by atoms with Crippen LogP contribution in [0.25, 0.3) is 10.9 Å². The quantitative estimate of drug-likeness (QED) is 0.555. The third-order valence-corrected chi connectivity index (χ3v) is 5.48. The Labute approximate surface area is 171 Å². The number of carbonyl (C=O) groups excluding carboxylic acids is 1. The smallest absolute Gasteiger partial charge is 0.256 e. The molecule has 0 aliphatic carbocycles. The van der Waals surface area contributed by atoms with Crippen molar-refractivity contribution in [1.82, 2.24) is 25.2 Å². The van der Waals surface area contributed by atoms with E-state index in [0.717, 1.165) is 34.9 Å². The molecule has 0 radical (unpaired) electrons. The van der Waals surface area contributed by atoms with Crippen molar-refractivity contribution in [3.8, 4) is 0 Å². The van der Waals surface area contributed by atoms with E-state index in [9.17, 15) is 9.18 Å². The average molecular weight is 405 g/mol. The molecular weight excluding hydrogens is 385 g/mol. The lowest BCUT2D eigenvalue weighted by Crippen LogP contribution is -2.31. The minimum Gasteiger partial charge on any atom is -0.337 e. The minimum atomic E-state index is -0.282. The number of hydrogen-bond acceptors (Lipinski definition) is 5. The molecule has 7 nitrogen and oxygen atoms in total. The first-order valence-electron chi connectivity index (χ1n) is 9.90. The second kappa shape index (κ2) is 7.37. The number of H-pyrrole nitrogens is 1. The monoisotopic (exact) mass is 405 g/mol. The van der Waals surface area contributed by atoms with E-state index in [1.807, 2.05) is 19.1 Å². The minimum absolute atomic E-state index is 0.0752. The molecular formula is C22H20FN5O2. The average Bonchev–Trinajstić information content (AvgIpc) is 3.48. The highest BCUT2D eigenvalue weighted by molar-refractivity contribution is 6.06. The van der Waals surface area contributed by atoms with Crippen molar-refractivity contribution >= 4 is 16.8 Å². The van der Waals surface area contributed by atoms with Crippen LogP contribution in [0.15, 0.2) is 47.1 Å². The second-order valence-electron chi connectivity index (χ2n) is 7.66. The van der Waals surface area contributed by atoms with E-state index in [2.05, 4.69) is 20.3 Å². The third kappa shape index (κ3) is 3.34. The lowest BCUT2D eigenvalue weighted by molar-refractivity contribution is 0.0712. The molecule has 1 aliphatic rings. The molecule has 1 N–H and O–H groups in total. The second-order valence-corrected chi connectivity index (χ2v) is 7.66. The number of fused-ring (bicyclic) bond motifs is 1. The molecule has 1 atom stereocenters. The third-order valence-electron chi connectivity index (χ3n) is 5.48. The number of aryl methyl sites for hydroxylation is 1. The predicted molar refractivity (Wildman–Crippen MR) is 107 cm³/mol. The summed E-state index contributed by atoms with van der Waals surface area (Å²) < 4.78 is 18.6. The molecule has 152 valence electrons. The number of nitrogens with zero attached hydrogens (tertiary/aromatic N) is 4. The summed E-state index contributed by atoms with van der Waals surface area (Å²) in [5, 5.41) is 12.0. The van der Waals surface area contributed by atoms with Crippen LogP contribution in [0.2, 0.25) is 0 Å². The predicted octanol–water partition coefficient (Wildman–Crippen LogP) is 3.96. The number of halogens is 1. The molecule has 1 aliphatic heterocycles. The molecule has 2 aromatic carbocycles. The highest BCUT2D eigenvalue weighted by Crippen LogP contribution is 2.33. The van der Waals surface area contributed by atoms with Gasteiger partial charge < -0.3 is 9.42 Å². The zero-order chi connectivity index (χ0) is 20.7. The summed E-state index contributed by atoms with van der Waals surface area (Å²) >= 11 is 0. The van der Waals surface area contributed by atoms with Gasteiger partial charge in [0.1, 0.15) is 11.9 Å². The lowest BCUT2D eigenvalue weighted by atomic mass is 10.1. The summed E-state index contributed by atoms with van der Waals surface area (Å²) in [6.45, 7) is 2.59. The normalized spacial score (nSPS) is 16.5. The first-order valence-corrected chi connectivity index (χ1v) is 9.90. The maximum atomic E-state index is 13.4. The number of benzene rings is 2. The fourth-order valence-corrected chi connectivity index (χ4v) is 4.06. The van der Waals surface area contributed by atoms with Gasteiger partial charge in [0.15, 0.2) is 5.82 Å². The summed E-state index contributed by atoms with van der Waals surface area (Å²) in [5.74, 6) is 0.595. The van der Waals surface area contributed by atoms with E-state index in [1.54, 1.807) is 23.2 Å². The van der Waals surface area contributed by atoms with Crippen molar-refractivity contribution in [3.63, 3.8) is 0 Å². The van der Waals surface area contributed by atoms with Crippen LogP contribution < -0.4 is 0 Å². The number of aromatic amines is 1. The summed E-state index contributed by atoms with van der Waals surface area (Å²) in [6, 6.07) is 9.83. The number of amides is 1. The Morgan fingerprint density at radius 1 is 1.30 bits per heavy atom. The summed E-state index contributed by atoms with van der Waals surface area (Å²) in [4.78, 5) is 19.7. The Morgan fingerprint density at radius 2 is 2.13 bits per heavy atom. The fraction of sp³-hybridized carbons (Fsp3) is 0.273. The molecule has 1 fully saturated rings. The van der Waals surface area contributed by atoms with E-state index in [0.29, 0.717) is 30.2 Å². The van der Waals surface area contributed by atoms with Crippen LogP contribution >= 0.6 is 0 Å². The first-order chi connectivity index (χ1) is 14.6. The van der Waals surface area contributed by atoms with Crippen molar-refractivity contribution in [2.45, 2.75) is 32.2 Å². The molecule has 1 unspecified atom stereocenters. The van der Waals surface area contributed by atoms with Crippen LogP contribution in [0.1, 0.15) is 52.1 Å². The summed E-state index contributed by atoms with van der Waals surface area (Å²) in [7, 11) is 0. The number of aromatic nitrogens is 4. The van der Waals surface area contributed by atoms with Gasteiger partial charge in [-0.15, -0.1) is 0 Å². The maximum absolute atomic E-state index is 13.4. The molecule has 0 saturated carbocycles. The fourth-order valence-electron chi connectivity index (χ4n) is 4.06. The van der Waals surface area contributed by atoms with Crippen LogP contribution in [0.4, 0.5) is 4.39 Å². The molecule has 0 spiro atoms. The zero-order valence-corrected chi connectivity index (χ0v) is 16.4.